The van der Waals surface area contributed by atoms with Crippen LogP contribution in [0.2, 0.25) is 0 Å². The number of aryl methyl sites for hydroxylation is 1. The van der Waals surface area contributed by atoms with Gasteiger partial charge < -0.3 is 14.6 Å². The Morgan fingerprint density at radius 2 is 2.17 bits per heavy atom. The maximum atomic E-state index is 9.99. The van der Waals surface area contributed by atoms with Crippen molar-refractivity contribution in [1.29, 1.82) is 0 Å². The highest BCUT2D eigenvalue weighted by Gasteiger charge is 2.19. The van der Waals surface area contributed by atoms with Crippen molar-refractivity contribution in [2.24, 2.45) is 5.92 Å². The summed E-state index contributed by atoms with van der Waals surface area (Å²) in [6, 6.07) is 8.05. The lowest BCUT2D eigenvalue weighted by atomic mass is 9.97. The van der Waals surface area contributed by atoms with Crippen LogP contribution in [-0.2, 0) is 11.2 Å². The largest absolute Gasteiger partial charge is 0.497 e. The fraction of sp³-hybridized carbons (Fsp3) is 0.600. The summed E-state index contributed by atoms with van der Waals surface area (Å²) in [6.07, 6.45) is 3.50. The van der Waals surface area contributed by atoms with Crippen molar-refractivity contribution >= 4 is 0 Å². The van der Waals surface area contributed by atoms with Gasteiger partial charge in [-0.25, -0.2) is 0 Å². The third-order valence-corrected chi connectivity index (χ3v) is 3.55. The fourth-order valence-corrected chi connectivity index (χ4v) is 2.40. The smallest absolute Gasteiger partial charge is 0.118 e. The summed E-state index contributed by atoms with van der Waals surface area (Å²) in [5.41, 5.74) is 1.25. The van der Waals surface area contributed by atoms with Crippen LogP contribution in [0.15, 0.2) is 24.3 Å². The summed E-state index contributed by atoms with van der Waals surface area (Å²) >= 11 is 0. The van der Waals surface area contributed by atoms with Crippen molar-refractivity contribution in [2.45, 2.75) is 31.8 Å². The van der Waals surface area contributed by atoms with Crippen molar-refractivity contribution in [2.75, 3.05) is 20.3 Å². The molecule has 1 N–H and O–H groups in total. The molecule has 3 nitrogen and oxygen atoms in total. The molecule has 0 amide bonds. The molecule has 0 aliphatic carbocycles. The van der Waals surface area contributed by atoms with Gasteiger partial charge in [-0.3, -0.25) is 0 Å². The Kier molecular flexibility index (Phi) is 5.02. The minimum atomic E-state index is -0.209. The lowest BCUT2D eigenvalue weighted by Gasteiger charge is -2.14. The quantitative estimate of drug-likeness (QED) is 0.842. The van der Waals surface area contributed by atoms with Crippen LogP contribution in [0.4, 0.5) is 0 Å². The van der Waals surface area contributed by atoms with E-state index in [-0.39, 0.29) is 6.10 Å². The summed E-state index contributed by atoms with van der Waals surface area (Å²) in [6.45, 7) is 1.68. The van der Waals surface area contributed by atoms with E-state index in [1.54, 1.807) is 7.11 Å². The topological polar surface area (TPSA) is 38.7 Å². The molecule has 100 valence electrons. The number of rotatable bonds is 6. The molecule has 0 saturated carbocycles. The molecule has 1 saturated heterocycles. The Balaban J connectivity index is 1.72. The molecule has 18 heavy (non-hydrogen) atoms. The van der Waals surface area contributed by atoms with Crippen LogP contribution in [0.25, 0.3) is 0 Å². The predicted octanol–water partition coefficient (Wildman–Crippen LogP) is 2.42. The van der Waals surface area contributed by atoms with Gasteiger partial charge in [0.05, 0.1) is 13.2 Å². The van der Waals surface area contributed by atoms with E-state index < -0.39 is 0 Å². The van der Waals surface area contributed by atoms with E-state index in [4.69, 9.17) is 9.47 Å². The minimum absolute atomic E-state index is 0.209. The molecule has 1 aromatic rings. The molecular formula is C15H22O3. The Morgan fingerprint density at radius 1 is 1.39 bits per heavy atom. The zero-order valence-electron chi connectivity index (χ0n) is 11.0. The molecule has 0 bridgehead atoms. The zero-order chi connectivity index (χ0) is 12.8. The average molecular weight is 250 g/mol. The van der Waals surface area contributed by atoms with Gasteiger partial charge in [0.1, 0.15) is 5.75 Å². The molecule has 2 unspecified atom stereocenters. The number of benzene rings is 1. The summed E-state index contributed by atoms with van der Waals surface area (Å²) in [5.74, 6) is 1.43. The van der Waals surface area contributed by atoms with Crippen molar-refractivity contribution in [3.63, 3.8) is 0 Å². The summed E-state index contributed by atoms with van der Waals surface area (Å²) in [7, 11) is 1.67. The van der Waals surface area contributed by atoms with E-state index in [2.05, 4.69) is 12.1 Å². The van der Waals surface area contributed by atoms with E-state index in [0.717, 1.165) is 44.6 Å². The molecule has 1 aromatic carbocycles. The second kappa shape index (κ2) is 6.76. The van der Waals surface area contributed by atoms with E-state index in [0.29, 0.717) is 5.92 Å². The van der Waals surface area contributed by atoms with Crippen LogP contribution in [0, 0.1) is 5.92 Å². The molecule has 2 rings (SSSR count). The van der Waals surface area contributed by atoms with E-state index in [9.17, 15) is 5.11 Å². The molecular weight excluding hydrogens is 228 g/mol. The van der Waals surface area contributed by atoms with Crippen LogP contribution in [0.5, 0.6) is 5.75 Å². The van der Waals surface area contributed by atoms with Gasteiger partial charge in [-0.05, 0) is 49.3 Å². The molecule has 0 aromatic heterocycles. The van der Waals surface area contributed by atoms with Crippen molar-refractivity contribution in [3.8, 4) is 5.75 Å². The van der Waals surface area contributed by atoms with E-state index in [1.165, 1.54) is 5.56 Å². The highest BCUT2D eigenvalue weighted by molar-refractivity contribution is 5.27. The monoisotopic (exact) mass is 250 g/mol. The first-order chi connectivity index (χ1) is 8.78. The van der Waals surface area contributed by atoms with Gasteiger partial charge in [0.25, 0.3) is 0 Å². The SMILES string of the molecule is COc1ccc(CCC(O)CC2CCOC2)cc1. The first-order valence-electron chi connectivity index (χ1n) is 6.66. The fourth-order valence-electron chi connectivity index (χ4n) is 2.40. The Morgan fingerprint density at radius 3 is 2.78 bits per heavy atom. The van der Waals surface area contributed by atoms with Crippen LogP contribution < -0.4 is 4.74 Å². The van der Waals surface area contributed by atoms with Gasteiger partial charge in [-0.2, -0.15) is 0 Å². The maximum absolute atomic E-state index is 9.99. The summed E-state index contributed by atoms with van der Waals surface area (Å²) in [5, 5.41) is 9.99. The molecule has 2 atom stereocenters. The molecule has 1 aliphatic rings. The van der Waals surface area contributed by atoms with Crippen LogP contribution >= 0.6 is 0 Å². The normalized spacial score (nSPS) is 20.9. The summed E-state index contributed by atoms with van der Waals surface area (Å²) < 4.78 is 10.4. The van der Waals surface area contributed by atoms with Crippen LogP contribution in [0.1, 0.15) is 24.8 Å². The summed E-state index contributed by atoms with van der Waals surface area (Å²) in [4.78, 5) is 0. The molecule has 1 aliphatic heterocycles. The first-order valence-corrected chi connectivity index (χ1v) is 6.66. The van der Waals surface area contributed by atoms with Gasteiger partial charge in [-0.1, -0.05) is 12.1 Å². The predicted molar refractivity (Wildman–Crippen MR) is 70.9 cm³/mol. The van der Waals surface area contributed by atoms with Crippen molar-refractivity contribution in [1.82, 2.24) is 0 Å². The minimum Gasteiger partial charge on any atom is -0.497 e. The Bertz CT molecular complexity index is 341. The highest BCUT2D eigenvalue weighted by Crippen LogP contribution is 2.20. The van der Waals surface area contributed by atoms with Gasteiger partial charge in [0.15, 0.2) is 0 Å². The molecule has 3 heteroatoms. The van der Waals surface area contributed by atoms with Crippen LogP contribution in [0.3, 0.4) is 0 Å². The number of hydrogen-bond acceptors (Lipinski definition) is 3. The lowest BCUT2D eigenvalue weighted by Crippen LogP contribution is -2.14. The second-order valence-corrected chi connectivity index (χ2v) is 5.01. The average Bonchev–Trinajstić information content (AvgIpc) is 2.90. The second-order valence-electron chi connectivity index (χ2n) is 5.01. The third kappa shape index (κ3) is 4.00. The number of ether oxygens (including phenoxy) is 2. The van der Waals surface area contributed by atoms with Crippen molar-refractivity contribution in [3.05, 3.63) is 29.8 Å². The standard InChI is InChI=1S/C15H22O3/c1-17-15-6-3-12(4-7-15)2-5-14(16)10-13-8-9-18-11-13/h3-4,6-7,13-14,16H,2,5,8-11H2,1H3. The first kappa shape index (κ1) is 13.4. The molecule has 1 fully saturated rings. The Labute approximate surface area is 109 Å². The molecule has 0 radical (unpaired) electrons. The van der Waals surface area contributed by atoms with Gasteiger partial charge in [0.2, 0.25) is 0 Å². The van der Waals surface area contributed by atoms with E-state index in [1.807, 2.05) is 12.1 Å². The Hall–Kier alpha value is -1.06. The number of aliphatic hydroxyl groups excluding tert-OH is 1. The van der Waals surface area contributed by atoms with Gasteiger partial charge in [-0.15, -0.1) is 0 Å². The zero-order valence-corrected chi connectivity index (χ0v) is 11.0. The third-order valence-electron chi connectivity index (χ3n) is 3.55. The van der Waals surface area contributed by atoms with Gasteiger partial charge >= 0.3 is 0 Å². The lowest BCUT2D eigenvalue weighted by molar-refractivity contribution is 0.122. The van der Waals surface area contributed by atoms with Gasteiger partial charge in [0, 0.05) is 13.2 Å². The van der Waals surface area contributed by atoms with E-state index >= 15 is 0 Å². The number of hydrogen-bond donors (Lipinski definition) is 1. The molecule has 1 heterocycles. The number of methoxy groups -OCH3 is 1. The molecule has 0 spiro atoms. The highest BCUT2D eigenvalue weighted by atomic mass is 16.5. The van der Waals surface area contributed by atoms with Crippen molar-refractivity contribution < 1.29 is 14.6 Å². The maximum Gasteiger partial charge on any atom is 0.118 e. The number of aliphatic hydroxyl groups is 1. The van der Waals surface area contributed by atoms with Crippen LogP contribution in [-0.4, -0.2) is 31.5 Å².